The van der Waals surface area contributed by atoms with E-state index >= 15 is 0 Å². The maximum absolute atomic E-state index is 9.98. The third-order valence-corrected chi connectivity index (χ3v) is 10.1. The zero-order valence-electron chi connectivity index (χ0n) is 16.7. The molecule has 5 heteroatoms. The zero-order chi connectivity index (χ0) is 20.0. The van der Waals surface area contributed by atoms with Crippen LogP contribution in [-0.2, 0) is 4.43 Å². The molecular weight excluding hydrogens is 364 g/mol. The molecule has 3 aromatic rings. The van der Waals surface area contributed by atoms with Crippen LogP contribution in [0.15, 0.2) is 79.1 Å². The summed E-state index contributed by atoms with van der Waals surface area (Å²) >= 11 is 0. The molecule has 0 amide bonds. The molecule has 1 aromatic heterocycles. The monoisotopic (exact) mass is 392 g/mol. The van der Waals surface area contributed by atoms with Gasteiger partial charge in [-0.05, 0) is 21.5 Å². The molecule has 0 saturated carbocycles. The lowest BCUT2D eigenvalue weighted by Crippen LogP contribution is -2.66. The van der Waals surface area contributed by atoms with Crippen LogP contribution in [-0.4, -0.2) is 36.6 Å². The summed E-state index contributed by atoms with van der Waals surface area (Å²) in [6.45, 7) is 7.04. The minimum Gasteiger partial charge on any atom is -0.407 e. The number of hydrogen-bond donors (Lipinski definition) is 1. The summed E-state index contributed by atoms with van der Waals surface area (Å²) < 4.78 is 6.87. The van der Waals surface area contributed by atoms with E-state index in [0.717, 1.165) is 0 Å². The molecule has 0 unspecified atom stereocenters. The Kier molecular flexibility index (Phi) is 6.39. The van der Waals surface area contributed by atoms with Crippen LogP contribution >= 0.6 is 0 Å². The quantitative estimate of drug-likeness (QED) is 0.628. The van der Waals surface area contributed by atoms with E-state index in [-0.39, 0.29) is 17.6 Å². The Morgan fingerprint density at radius 3 is 1.79 bits per heavy atom. The molecule has 0 aliphatic carbocycles. The van der Waals surface area contributed by atoms with E-state index in [9.17, 15) is 5.11 Å². The third kappa shape index (κ3) is 4.07. The molecule has 0 spiro atoms. The first-order valence-corrected chi connectivity index (χ1v) is 11.5. The summed E-state index contributed by atoms with van der Waals surface area (Å²) in [5, 5.41) is 12.3. The van der Waals surface area contributed by atoms with E-state index in [4.69, 9.17) is 4.43 Å². The lowest BCUT2D eigenvalue weighted by Gasteiger charge is -2.43. The highest BCUT2D eigenvalue weighted by Gasteiger charge is 2.50. The lowest BCUT2D eigenvalue weighted by atomic mass is 10.1. The standard InChI is InChI=1S/C23H28N2O2Si/c1-23(2,3)28(20-11-6-4-7-12-20,21-13-8-5-9-14-21)27-18-19(17-26)22-24-15-10-16-25-22/h4-16,19,26H,17-18H2,1-3H3/t19-/m0/s1. The average molecular weight is 393 g/mol. The summed E-state index contributed by atoms with van der Waals surface area (Å²) in [5.74, 6) is 0.353. The normalized spacial score (nSPS) is 13.3. The minimum atomic E-state index is -2.63. The molecule has 28 heavy (non-hydrogen) atoms. The van der Waals surface area contributed by atoms with Gasteiger partial charge in [0.25, 0.3) is 8.32 Å². The molecule has 3 rings (SSSR count). The van der Waals surface area contributed by atoms with Crippen molar-refractivity contribution in [2.75, 3.05) is 13.2 Å². The molecule has 0 bridgehead atoms. The van der Waals surface area contributed by atoms with Crippen LogP contribution in [0.5, 0.6) is 0 Å². The second-order valence-corrected chi connectivity index (χ2v) is 12.3. The van der Waals surface area contributed by atoms with Gasteiger partial charge in [0.05, 0.1) is 12.5 Å². The van der Waals surface area contributed by atoms with Gasteiger partial charge in [-0.1, -0.05) is 81.4 Å². The molecule has 1 atom stereocenters. The largest absolute Gasteiger partial charge is 0.407 e. The van der Waals surface area contributed by atoms with Gasteiger partial charge in [-0.15, -0.1) is 0 Å². The van der Waals surface area contributed by atoms with Crippen molar-refractivity contribution in [3.63, 3.8) is 0 Å². The fourth-order valence-electron chi connectivity index (χ4n) is 3.72. The van der Waals surface area contributed by atoms with Crippen molar-refractivity contribution in [3.8, 4) is 0 Å². The molecule has 4 nitrogen and oxygen atoms in total. The summed E-state index contributed by atoms with van der Waals surface area (Å²) in [5.41, 5.74) is 0. The Bertz CT molecular complexity index is 813. The Morgan fingerprint density at radius 2 is 1.36 bits per heavy atom. The van der Waals surface area contributed by atoms with Crippen molar-refractivity contribution < 1.29 is 9.53 Å². The molecule has 146 valence electrons. The fraction of sp³-hybridized carbons (Fsp3) is 0.304. The number of hydrogen-bond acceptors (Lipinski definition) is 4. The first-order valence-electron chi connectivity index (χ1n) is 9.62. The van der Waals surface area contributed by atoms with E-state index in [2.05, 4.69) is 79.3 Å². The second kappa shape index (κ2) is 8.77. The molecule has 0 radical (unpaired) electrons. The van der Waals surface area contributed by atoms with Crippen LogP contribution in [0, 0.1) is 0 Å². The molecule has 1 heterocycles. The van der Waals surface area contributed by atoms with Crippen molar-refractivity contribution in [3.05, 3.63) is 84.9 Å². The molecule has 0 aliphatic rings. The van der Waals surface area contributed by atoms with Crippen molar-refractivity contribution in [1.29, 1.82) is 0 Å². The number of aromatic nitrogens is 2. The summed E-state index contributed by atoms with van der Waals surface area (Å²) in [6, 6.07) is 22.8. The SMILES string of the molecule is CC(C)(C)[Si](OC[C@H](CO)c1ncccn1)(c1ccccc1)c1ccccc1. The summed E-state index contributed by atoms with van der Waals surface area (Å²) in [7, 11) is -2.63. The van der Waals surface area contributed by atoms with Gasteiger partial charge in [0.2, 0.25) is 0 Å². The molecule has 2 aromatic carbocycles. The molecular formula is C23H28N2O2Si. The van der Waals surface area contributed by atoms with Crippen LogP contribution in [0.25, 0.3) is 0 Å². The first kappa shape index (κ1) is 20.4. The average Bonchev–Trinajstić information content (AvgIpc) is 2.72. The molecule has 0 saturated heterocycles. The van der Waals surface area contributed by atoms with E-state index in [1.54, 1.807) is 18.5 Å². The maximum Gasteiger partial charge on any atom is 0.261 e. The van der Waals surface area contributed by atoms with E-state index in [1.165, 1.54) is 10.4 Å². The van der Waals surface area contributed by atoms with E-state index in [0.29, 0.717) is 12.4 Å². The van der Waals surface area contributed by atoms with Gasteiger partial charge >= 0.3 is 0 Å². The first-order chi connectivity index (χ1) is 13.5. The van der Waals surface area contributed by atoms with Crippen LogP contribution in [0.4, 0.5) is 0 Å². The van der Waals surface area contributed by atoms with Crippen LogP contribution in [0.1, 0.15) is 32.5 Å². The highest BCUT2D eigenvalue weighted by molar-refractivity contribution is 6.99. The Balaban J connectivity index is 2.06. The second-order valence-electron chi connectivity index (χ2n) is 7.96. The number of nitrogens with zero attached hydrogens (tertiary/aromatic N) is 2. The van der Waals surface area contributed by atoms with Crippen molar-refractivity contribution >= 4 is 18.7 Å². The maximum atomic E-state index is 9.98. The van der Waals surface area contributed by atoms with Gasteiger partial charge < -0.3 is 9.53 Å². The van der Waals surface area contributed by atoms with Gasteiger partial charge in [0, 0.05) is 19.0 Å². The Morgan fingerprint density at radius 1 is 0.857 bits per heavy atom. The third-order valence-electron chi connectivity index (χ3n) is 5.09. The Hall–Kier alpha value is -2.34. The van der Waals surface area contributed by atoms with Crippen molar-refractivity contribution in [1.82, 2.24) is 9.97 Å². The number of rotatable bonds is 7. The highest BCUT2D eigenvalue weighted by atomic mass is 28.4. The van der Waals surface area contributed by atoms with Gasteiger partial charge in [0.1, 0.15) is 5.82 Å². The summed E-state index contributed by atoms with van der Waals surface area (Å²) in [6.07, 6.45) is 3.40. The molecule has 1 N–H and O–H groups in total. The lowest BCUT2D eigenvalue weighted by molar-refractivity contribution is 0.193. The van der Waals surface area contributed by atoms with Crippen LogP contribution in [0.2, 0.25) is 5.04 Å². The van der Waals surface area contributed by atoms with Gasteiger partial charge in [-0.3, -0.25) is 0 Å². The van der Waals surface area contributed by atoms with Crippen LogP contribution < -0.4 is 10.4 Å². The highest BCUT2D eigenvalue weighted by Crippen LogP contribution is 2.37. The zero-order valence-corrected chi connectivity index (χ0v) is 17.7. The molecule has 0 fully saturated rings. The van der Waals surface area contributed by atoms with Crippen molar-refractivity contribution in [2.24, 2.45) is 0 Å². The molecule has 0 aliphatic heterocycles. The number of benzene rings is 2. The van der Waals surface area contributed by atoms with Gasteiger partial charge in [-0.25, -0.2) is 9.97 Å². The smallest absolute Gasteiger partial charge is 0.261 e. The van der Waals surface area contributed by atoms with E-state index < -0.39 is 8.32 Å². The minimum absolute atomic E-state index is 0.0534. The topological polar surface area (TPSA) is 55.2 Å². The Labute approximate surface area is 168 Å². The number of aliphatic hydroxyl groups is 1. The van der Waals surface area contributed by atoms with E-state index in [1.807, 2.05) is 12.1 Å². The van der Waals surface area contributed by atoms with Gasteiger partial charge in [0.15, 0.2) is 0 Å². The van der Waals surface area contributed by atoms with Crippen LogP contribution in [0.3, 0.4) is 0 Å². The van der Waals surface area contributed by atoms with Gasteiger partial charge in [-0.2, -0.15) is 0 Å². The predicted octanol–water partition coefficient (Wildman–Crippen LogP) is 3.13. The fourth-order valence-corrected chi connectivity index (χ4v) is 8.32. The van der Waals surface area contributed by atoms with Crippen molar-refractivity contribution in [2.45, 2.75) is 31.7 Å². The number of aliphatic hydroxyl groups excluding tert-OH is 1. The summed E-state index contributed by atoms with van der Waals surface area (Å²) in [4.78, 5) is 8.65. The predicted molar refractivity (Wildman–Crippen MR) is 115 cm³/mol.